The van der Waals surface area contributed by atoms with Crippen LogP contribution in [-0.4, -0.2) is 40.9 Å². The Labute approximate surface area is 160 Å². The van der Waals surface area contributed by atoms with Gasteiger partial charge in [0.05, 0.1) is 10.6 Å². The fraction of sp³-hybridized carbons (Fsp3) is 0.263. The van der Waals surface area contributed by atoms with Gasteiger partial charge in [0, 0.05) is 36.7 Å². The van der Waals surface area contributed by atoms with Crippen LogP contribution in [0.15, 0.2) is 41.5 Å². The molecule has 0 radical (unpaired) electrons. The normalized spacial score (nSPS) is 20.2. The van der Waals surface area contributed by atoms with Crippen LogP contribution in [0.25, 0.3) is 0 Å². The van der Waals surface area contributed by atoms with Crippen molar-refractivity contribution in [3.63, 3.8) is 0 Å². The van der Waals surface area contributed by atoms with E-state index in [4.69, 9.17) is 15.2 Å². The second-order valence-electron chi connectivity index (χ2n) is 6.95. The lowest BCUT2D eigenvalue weighted by molar-refractivity contribution is -0.384. The third-order valence-corrected chi connectivity index (χ3v) is 5.23. The molecule has 2 heterocycles. The molecule has 0 saturated heterocycles. The first-order chi connectivity index (χ1) is 13.3. The zero-order valence-electron chi connectivity index (χ0n) is 15.3. The van der Waals surface area contributed by atoms with Gasteiger partial charge in [-0.15, -0.1) is 0 Å². The third kappa shape index (κ3) is 2.72. The molecule has 0 saturated carbocycles. The predicted octanol–water partition coefficient (Wildman–Crippen LogP) is 1.81. The van der Waals surface area contributed by atoms with E-state index in [2.05, 4.69) is 5.10 Å². The minimum absolute atomic E-state index is 0.0146. The first-order valence-electron chi connectivity index (χ1n) is 8.59. The fourth-order valence-corrected chi connectivity index (χ4v) is 3.35. The van der Waals surface area contributed by atoms with Crippen molar-refractivity contribution in [1.29, 1.82) is 0 Å². The summed E-state index contributed by atoms with van der Waals surface area (Å²) in [6.45, 7) is 1.85. The standard InChI is InChI=1S/C19H18N4O5/c1-19(18(20)24)9-12-7-15-16(28-10-27-15)8-14(12)17(21-22(19)2)11-3-5-13(6-4-11)23(25)26/h3-8H,9-10H2,1-2H3,(H2,20,24). The van der Waals surface area contributed by atoms with Gasteiger partial charge in [0.25, 0.3) is 5.69 Å². The zero-order valence-corrected chi connectivity index (χ0v) is 15.3. The number of fused-ring (bicyclic) bond motifs is 2. The van der Waals surface area contributed by atoms with Crippen molar-refractivity contribution in [3.8, 4) is 11.5 Å². The van der Waals surface area contributed by atoms with Crippen molar-refractivity contribution in [3.05, 3.63) is 63.2 Å². The quantitative estimate of drug-likeness (QED) is 0.638. The lowest BCUT2D eigenvalue weighted by Gasteiger charge is -2.32. The summed E-state index contributed by atoms with van der Waals surface area (Å²) < 4.78 is 11.0. The maximum Gasteiger partial charge on any atom is 0.269 e. The highest BCUT2D eigenvalue weighted by molar-refractivity contribution is 6.14. The second kappa shape index (κ2) is 6.22. The Morgan fingerprint density at radius 1 is 1.25 bits per heavy atom. The number of primary amides is 1. The van der Waals surface area contributed by atoms with Crippen molar-refractivity contribution in [1.82, 2.24) is 5.01 Å². The molecule has 9 heteroatoms. The number of hydrogen-bond donors (Lipinski definition) is 1. The average molecular weight is 382 g/mol. The highest BCUT2D eigenvalue weighted by Crippen LogP contribution is 2.39. The van der Waals surface area contributed by atoms with E-state index in [1.165, 1.54) is 12.1 Å². The Balaban J connectivity index is 1.91. The van der Waals surface area contributed by atoms with Gasteiger partial charge in [0.2, 0.25) is 12.7 Å². The molecule has 0 aromatic heterocycles. The summed E-state index contributed by atoms with van der Waals surface area (Å²) in [5.74, 6) is 0.671. The number of ether oxygens (including phenoxy) is 2. The highest BCUT2D eigenvalue weighted by atomic mass is 16.7. The molecule has 0 fully saturated rings. The topological polar surface area (TPSA) is 120 Å². The number of rotatable bonds is 3. The maximum atomic E-state index is 12.2. The number of hydrazone groups is 1. The molecule has 4 rings (SSSR count). The SMILES string of the molecule is CN1N=C(c2ccc([N+](=O)[O-])cc2)c2cc3c(cc2CC1(C)C(N)=O)OCO3. The first kappa shape index (κ1) is 17.8. The average Bonchev–Trinajstić information content (AvgIpc) is 3.08. The van der Waals surface area contributed by atoms with Crippen LogP contribution in [0.5, 0.6) is 11.5 Å². The summed E-state index contributed by atoms with van der Waals surface area (Å²) in [6, 6.07) is 9.75. The Hall–Kier alpha value is -3.62. The molecule has 9 nitrogen and oxygen atoms in total. The monoisotopic (exact) mass is 382 g/mol. The lowest BCUT2D eigenvalue weighted by atomic mass is 9.87. The minimum Gasteiger partial charge on any atom is -0.454 e. The van der Waals surface area contributed by atoms with Crippen molar-refractivity contribution >= 4 is 17.3 Å². The van der Waals surface area contributed by atoms with Crippen molar-refractivity contribution in [2.75, 3.05) is 13.8 Å². The summed E-state index contributed by atoms with van der Waals surface area (Å²) in [5, 5.41) is 17.2. The van der Waals surface area contributed by atoms with E-state index in [1.54, 1.807) is 31.1 Å². The van der Waals surface area contributed by atoms with E-state index in [0.717, 1.165) is 11.1 Å². The van der Waals surface area contributed by atoms with Crippen LogP contribution < -0.4 is 15.2 Å². The summed E-state index contributed by atoms with van der Waals surface area (Å²) in [6.07, 6.45) is 0.324. The molecular formula is C19H18N4O5. The van der Waals surface area contributed by atoms with Crippen LogP contribution in [0.2, 0.25) is 0 Å². The molecule has 0 spiro atoms. The van der Waals surface area contributed by atoms with E-state index in [0.29, 0.717) is 29.2 Å². The molecular weight excluding hydrogens is 364 g/mol. The van der Waals surface area contributed by atoms with Crippen LogP contribution in [0.4, 0.5) is 5.69 Å². The van der Waals surface area contributed by atoms with Crippen LogP contribution in [0, 0.1) is 10.1 Å². The third-order valence-electron chi connectivity index (χ3n) is 5.23. The van der Waals surface area contributed by atoms with Gasteiger partial charge in [-0.05, 0) is 36.8 Å². The van der Waals surface area contributed by atoms with E-state index >= 15 is 0 Å². The number of non-ortho nitro benzene ring substituents is 1. The Morgan fingerprint density at radius 3 is 2.50 bits per heavy atom. The van der Waals surface area contributed by atoms with Gasteiger partial charge in [0.1, 0.15) is 5.54 Å². The van der Waals surface area contributed by atoms with Gasteiger partial charge in [-0.1, -0.05) is 0 Å². The number of hydrogen-bond acceptors (Lipinski definition) is 7. The summed E-state index contributed by atoms with van der Waals surface area (Å²) >= 11 is 0. The first-order valence-corrected chi connectivity index (χ1v) is 8.59. The molecule has 1 unspecified atom stereocenters. The van der Waals surface area contributed by atoms with Crippen molar-refractivity contribution < 1.29 is 19.2 Å². The van der Waals surface area contributed by atoms with E-state index in [9.17, 15) is 14.9 Å². The van der Waals surface area contributed by atoms with E-state index in [1.807, 2.05) is 12.1 Å². The molecule has 0 bridgehead atoms. The minimum atomic E-state index is -1.05. The smallest absolute Gasteiger partial charge is 0.269 e. The van der Waals surface area contributed by atoms with Gasteiger partial charge in [-0.2, -0.15) is 5.10 Å². The second-order valence-corrected chi connectivity index (χ2v) is 6.95. The number of nitro benzene ring substituents is 1. The number of nitrogens with two attached hydrogens (primary N) is 1. The van der Waals surface area contributed by atoms with Crippen molar-refractivity contribution in [2.45, 2.75) is 18.9 Å². The number of nitrogens with zero attached hydrogens (tertiary/aromatic N) is 3. The molecule has 1 amide bonds. The molecule has 0 aliphatic carbocycles. The molecule has 1 atom stereocenters. The lowest BCUT2D eigenvalue weighted by Crippen LogP contribution is -2.53. The molecule has 28 heavy (non-hydrogen) atoms. The number of benzene rings is 2. The maximum absolute atomic E-state index is 12.2. The summed E-state index contributed by atoms with van der Waals surface area (Å²) in [4.78, 5) is 22.7. The van der Waals surface area contributed by atoms with E-state index in [-0.39, 0.29) is 12.5 Å². The number of likely N-dealkylation sites (N-methyl/N-ethyl adjacent to an activating group) is 1. The van der Waals surface area contributed by atoms with Gasteiger partial charge in [-0.25, -0.2) is 0 Å². The van der Waals surface area contributed by atoms with E-state index < -0.39 is 16.4 Å². The van der Waals surface area contributed by atoms with Gasteiger partial charge >= 0.3 is 0 Å². The predicted molar refractivity (Wildman–Crippen MR) is 100 cm³/mol. The molecule has 2 aliphatic heterocycles. The van der Waals surface area contributed by atoms with Gasteiger partial charge < -0.3 is 15.2 Å². The molecule has 2 aliphatic rings. The molecule has 2 aromatic carbocycles. The number of carbonyl (C=O) groups is 1. The highest BCUT2D eigenvalue weighted by Gasteiger charge is 2.40. The Morgan fingerprint density at radius 2 is 1.89 bits per heavy atom. The molecule has 144 valence electrons. The zero-order chi connectivity index (χ0) is 20.1. The Kier molecular flexibility index (Phi) is 3.95. The molecule has 2 N–H and O–H groups in total. The van der Waals surface area contributed by atoms with Gasteiger partial charge in [-0.3, -0.25) is 19.9 Å². The van der Waals surface area contributed by atoms with Crippen molar-refractivity contribution in [2.24, 2.45) is 10.8 Å². The number of amides is 1. The van der Waals surface area contributed by atoms with Crippen LogP contribution in [0.1, 0.15) is 23.6 Å². The van der Waals surface area contributed by atoms with Crippen LogP contribution in [-0.2, 0) is 11.2 Å². The van der Waals surface area contributed by atoms with Crippen LogP contribution in [0.3, 0.4) is 0 Å². The number of nitro groups is 1. The van der Waals surface area contributed by atoms with Crippen LogP contribution >= 0.6 is 0 Å². The largest absolute Gasteiger partial charge is 0.454 e. The summed E-state index contributed by atoms with van der Waals surface area (Å²) in [5.41, 5.74) is 7.45. The fourth-order valence-electron chi connectivity index (χ4n) is 3.35. The number of carbonyl (C=O) groups excluding carboxylic acids is 1. The molecule has 2 aromatic rings. The Bertz CT molecular complexity index is 1020. The van der Waals surface area contributed by atoms with Gasteiger partial charge in [0.15, 0.2) is 11.5 Å². The summed E-state index contributed by atoms with van der Waals surface area (Å²) in [7, 11) is 1.68.